The zero-order valence-electron chi connectivity index (χ0n) is 9.45. The third-order valence-electron chi connectivity index (χ3n) is 2.89. The normalized spacial score (nSPS) is 20.7. The van der Waals surface area contributed by atoms with Crippen molar-refractivity contribution in [3.63, 3.8) is 0 Å². The molecule has 88 valence electrons. The van der Waals surface area contributed by atoms with Crippen LogP contribution in [0.25, 0.3) is 0 Å². The Morgan fingerprint density at radius 2 is 2.56 bits per heavy atom. The maximum absolute atomic E-state index is 11.8. The molecular weight excluding hydrogens is 222 g/mol. The standard InChI is InChI=1S/C11H17N3OS/c1-8-10(16-7-14-8)6-13-11(15)9-4-2-3-5-12-9/h7,9,12H,2-6H2,1H3,(H,13,15). The highest BCUT2D eigenvalue weighted by atomic mass is 32.1. The topological polar surface area (TPSA) is 54.0 Å². The highest BCUT2D eigenvalue weighted by molar-refractivity contribution is 7.09. The number of rotatable bonds is 3. The number of nitrogens with one attached hydrogen (secondary N) is 2. The van der Waals surface area contributed by atoms with Gasteiger partial charge >= 0.3 is 0 Å². The third kappa shape index (κ3) is 2.80. The second-order valence-electron chi connectivity index (χ2n) is 4.08. The second-order valence-corrected chi connectivity index (χ2v) is 5.02. The van der Waals surface area contributed by atoms with Gasteiger partial charge in [0.15, 0.2) is 0 Å². The molecule has 2 rings (SSSR count). The fraction of sp³-hybridized carbons (Fsp3) is 0.636. The molecule has 1 saturated heterocycles. The summed E-state index contributed by atoms with van der Waals surface area (Å²) in [6.45, 7) is 3.53. The van der Waals surface area contributed by atoms with Crippen LogP contribution in [0.4, 0.5) is 0 Å². The van der Waals surface area contributed by atoms with Crippen LogP contribution in [-0.2, 0) is 11.3 Å². The molecule has 1 aromatic rings. The number of thiazole rings is 1. The average molecular weight is 239 g/mol. The first-order valence-corrected chi connectivity index (χ1v) is 6.55. The molecule has 5 heteroatoms. The van der Waals surface area contributed by atoms with E-state index in [1.807, 2.05) is 12.4 Å². The summed E-state index contributed by atoms with van der Waals surface area (Å²) >= 11 is 1.59. The van der Waals surface area contributed by atoms with Gasteiger partial charge in [-0.25, -0.2) is 4.98 Å². The zero-order valence-corrected chi connectivity index (χ0v) is 10.3. The summed E-state index contributed by atoms with van der Waals surface area (Å²) in [5, 5.41) is 6.20. The molecule has 1 fully saturated rings. The SMILES string of the molecule is Cc1ncsc1CNC(=O)C1CCCCN1. The lowest BCUT2D eigenvalue weighted by molar-refractivity contribution is -0.123. The van der Waals surface area contributed by atoms with Crippen LogP contribution in [0.2, 0.25) is 0 Å². The van der Waals surface area contributed by atoms with Gasteiger partial charge in [-0.1, -0.05) is 6.42 Å². The lowest BCUT2D eigenvalue weighted by Gasteiger charge is -2.22. The third-order valence-corrected chi connectivity index (χ3v) is 3.83. The Morgan fingerprint density at radius 3 is 3.19 bits per heavy atom. The van der Waals surface area contributed by atoms with E-state index in [2.05, 4.69) is 15.6 Å². The van der Waals surface area contributed by atoms with Crippen molar-refractivity contribution in [1.29, 1.82) is 0 Å². The van der Waals surface area contributed by atoms with Crippen molar-refractivity contribution in [3.05, 3.63) is 16.1 Å². The molecule has 1 atom stereocenters. The molecule has 0 aromatic carbocycles. The summed E-state index contributed by atoms with van der Waals surface area (Å²) < 4.78 is 0. The summed E-state index contributed by atoms with van der Waals surface area (Å²) in [4.78, 5) is 17.1. The Bertz CT molecular complexity index is 358. The summed E-state index contributed by atoms with van der Waals surface area (Å²) in [6.07, 6.45) is 3.27. The van der Waals surface area contributed by atoms with Crippen LogP contribution in [0.5, 0.6) is 0 Å². The van der Waals surface area contributed by atoms with Gasteiger partial charge in [-0.3, -0.25) is 4.79 Å². The Balaban J connectivity index is 1.81. The Hall–Kier alpha value is -0.940. The number of hydrogen-bond donors (Lipinski definition) is 2. The maximum atomic E-state index is 11.8. The van der Waals surface area contributed by atoms with Crippen LogP contribution in [0, 0.1) is 6.92 Å². The minimum Gasteiger partial charge on any atom is -0.350 e. The molecule has 0 saturated carbocycles. The van der Waals surface area contributed by atoms with Crippen molar-refractivity contribution in [2.24, 2.45) is 0 Å². The first-order chi connectivity index (χ1) is 7.77. The van der Waals surface area contributed by atoms with Crippen LogP contribution >= 0.6 is 11.3 Å². The minimum absolute atomic E-state index is 0.00183. The van der Waals surface area contributed by atoms with Gasteiger partial charge in [-0.2, -0.15) is 0 Å². The van der Waals surface area contributed by atoms with Crippen LogP contribution < -0.4 is 10.6 Å². The number of piperidine rings is 1. The smallest absolute Gasteiger partial charge is 0.237 e. The Labute approximate surface area is 99.5 Å². The van der Waals surface area contributed by atoms with E-state index < -0.39 is 0 Å². The number of carbonyl (C=O) groups is 1. The predicted molar refractivity (Wildman–Crippen MR) is 64.3 cm³/mol. The van der Waals surface area contributed by atoms with Crippen molar-refractivity contribution >= 4 is 17.2 Å². The number of carbonyl (C=O) groups excluding carboxylic acids is 1. The molecule has 0 radical (unpaired) electrons. The first kappa shape index (κ1) is 11.5. The summed E-state index contributed by atoms with van der Waals surface area (Å²) in [7, 11) is 0. The van der Waals surface area contributed by atoms with Crippen LogP contribution in [0.15, 0.2) is 5.51 Å². The Kier molecular flexibility index (Phi) is 3.90. The first-order valence-electron chi connectivity index (χ1n) is 5.67. The van der Waals surface area contributed by atoms with Crippen molar-refractivity contribution in [3.8, 4) is 0 Å². The molecule has 2 heterocycles. The maximum Gasteiger partial charge on any atom is 0.237 e. The molecule has 1 aliphatic rings. The molecule has 1 aliphatic heterocycles. The lowest BCUT2D eigenvalue weighted by atomic mass is 10.0. The van der Waals surface area contributed by atoms with Crippen molar-refractivity contribution in [2.45, 2.75) is 38.8 Å². The number of aromatic nitrogens is 1. The monoisotopic (exact) mass is 239 g/mol. The summed E-state index contributed by atoms with van der Waals surface area (Å²) in [5.74, 6) is 0.118. The van der Waals surface area contributed by atoms with E-state index in [1.54, 1.807) is 11.3 Å². The minimum atomic E-state index is 0.00183. The zero-order chi connectivity index (χ0) is 11.4. The van der Waals surface area contributed by atoms with E-state index in [-0.39, 0.29) is 11.9 Å². The van der Waals surface area contributed by atoms with E-state index in [9.17, 15) is 4.79 Å². The predicted octanol–water partition coefficient (Wildman–Crippen LogP) is 1.21. The van der Waals surface area contributed by atoms with Crippen LogP contribution in [-0.4, -0.2) is 23.5 Å². The molecule has 0 aliphatic carbocycles. The molecule has 0 spiro atoms. The lowest BCUT2D eigenvalue weighted by Crippen LogP contribution is -2.46. The van der Waals surface area contributed by atoms with Gasteiger partial charge < -0.3 is 10.6 Å². The number of hydrogen-bond acceptors (Lipinski definition) is 4. The highest BCUT2D eigenvalue weighted by Gasteiger charge is 2.20. The molecule has 0 bridgehead atoms. The van der Waals surface area contributed by atoms with E-state index in [0.717, 1.165) is 30.0 Å². The summed E-state index contributed by atoms with van der Waals surface area (Å²) in [5.41, 5.74) is 2.83. The van der Waals surface area contributed by atoms with E-state index in [4.69, 9.17) is 0 Å². The molecule has 1 amide bonds. The van der Waals surface area contributed by atoms with E-state index in [0.29, 0.717) is 6.54 Å². The molecular formula is C11H17N3OS. The van der Waals surface area contributed by atoms with E-state index >= 15 is 0 Å². The fourth-order valence-electron chi connectivity index (χ4n) is 1.86. The molecule has 1 unspecified atom stereocenters. The van der Waals surface area contributed by atoms with Gasteiger partial charge in [0.2, 0.25) is 5.91 Å². The average Bonchev–Trinajstić information content (AvgIpc) is 2.73. The number of aryl methyl sites for hydroxylation is 1. The van der Waals surface area contributed by atoms with Crippen LogP contribution in [0.1, 0.15) is 29.8 Å². The van der Waals surface area contributed by atoms with Gasteiger partial charge in [0.05, 0.1) is 23.8 Å². The van der Waals surface area contributed by atoms with Gasteiger partial charge in [0.25, 0.3) is 0 Å². The van der Waals surface area contributed by atoms with Crippen LogP contribution in [0.3, 0.4) is 0 Å². The van der Waals surface area contributed by atoms with Gasteiger partial charge in [0, 0.05) is 4.88 Å². The summed E-state index contributed by atoms with van der Waals surface area (Å²) in [6, 6.07) is 0.00183. The highest BCUT2D eigenvalue weighted by Crippen LogP contribution is 2.12. The van der Waals surface area contributed by atoms with Gasteiger partial charge in [0.1, 0.15) is 0 Å². The molecule has 2 N–H and O–H groups in total. The Morgan fingerprint density at radius 1 is 1.69 bits per heavy atom. The largest absolute Gasteiger partial charge is 0.350 e. The molecule has 16 heavy (non-hydrogen) atoms. The number of amides is 1. The van der Waals surface area contributed by atoms with Crippen molar-refractivity contribution in [2.75, 3.05) is 6.54 Å². The van der Waals surface area contributed by atoms with Gasteiger partial charge in [-0.15, -0.1) is 11.3 Å². The quantitative estimate of drug-likeness (QED) is 0.833. The second kappa shape index (κ2) is 5.41. The van der Waals surface area contributed by atoms with Crippen molar-refractivity contribution < 1.29 is 4.79 Å². The number of nitrogens with zero attached hydrogens (tertiary/aromatic N) is 1. The van der Waals surface area contributed by atoms with Crippen molar-refractivity contribution in [1.82, 2.24) is 15.6 Å². The fourth-order valence-corrected chi connectivity index (χ4v) is 2.58. The molecule has 4 nitrogen and oxygen atoms in total. The van der Waals surface area contributed by atoms with Gasteiger partial charge in [-0.05, 0) is 26.3 Å². The van der Waals surface area contributed by atoms with E-state index in [1.165, 1.54) is 6.42 Å². The molecule has 1 aromatic heterocycles.